The Morgan fingerprint density at radius 1 is 1.40 bits per heavy atom. The van der Waals surface area contributed by atoms with Crippen molar-refractivity contribution in [1.29, 1.82) is 0 Å². The monoisotopic (exact) mass is 349 g/mol. The molecule has 0 aliphatic heterocycles. The smallest absolute Gasteiger partial charge is 0.342 e. The number of nitrogens with zero attached hydrogens (tertiary/aromatic N) is 2. The molecule has 0 unspecified atom stereocenters. The van der Waals surface area contributed by atoms with Crippen molar-refractivity contribution < 1.29 is 18.7 Å². The second-order valence-corrected chi connectivity index (χ2v) is 5.87. The maximum atomic E-state index is 12.7. The molecule has 2 aromatic heterocycles. The summed E-state index contributed by atoms with van der Waals surface area (Å²) >= 11 is 0. The molecular weight excluding hydrogens is 326 g/mol. The number of esters is 1. The molecule has 0 aliphatic rings. The summed E-state index contributed by atoms with van der Waals surface area (Å²) in [5.74, 6) is -0.671. The van der Waals surface area contributed by atoms with Crippen molar-refractivity contribution in [3.05, 3.63) is 28.0 Å². The summed E-state index contributed by atoms with van der Waals surface area (Å²) in [5, 5.41) is 2.86. The topological polar surface area (TPSA) is 103 Å². The first-order chi connectivity index (χ1) is 11.9. The van der Waals surface area contributed by atoms with Crippen LogP contribution in [0.5, 0.6) is 0 Å². The maximum Gasteiger partial charge on any atom is 0.342 e. The predicted octanol–water partition coefficient (Wildman–Crippen LogP) is 1.78. The molecule has 2 aromatic rings. The van der Waals surface area contributed by atoms with Crippen molar-refractivity contribution in [2.45, 2.75) is 53.1 Å². The number of rotatable bonds is 7. The van der Waals surface area contributed by atoms with E-state index in [-0.39, 0.29) is 47.5 Å². The number of hydrogen-bond donors (Lipinski definition) is 1. The van der Waals surface area contributed by atoms with Crippen LogP contribution >= 0.6 is 0 Å². The second-order valence-electron chi connectivity index (χ2n) is 5.87. The van der Waals surface area contributed by atoms with E-state index in [2.05, 4.69) is 10.3 Å². The summed E-state index contributed by atoms with van der Waals surface area (Å²) in [6.07, 6.45) is 3.05. The molecule has 2 rings (SSSR count). The molecule has 0 bridgehead atoms. The standard InChI is InChI=1S/C17H23N3O5/c1-5-7-10(3)19-12(21)8-20-9-18-15-14(16(20)22)13(11(4)25-15)17(23)24-6-2/h9-10H,5-8H2,1-4H3,(H,19,21)/t10-/m1/s1. The van der Waals surface area contributed by atoms with Crippen molar-refractivity contribution in [2.24, 2.45) is 0 Å². The third-order valence-corrected chi connectivity index (χ3v) is 3.78. The Hall–Kier alpha value is -2.64. The van der Waals surface area contributed by atoms with Crippen molar-refractivity contribution in [3.8, 4) is 0 Å². The molecular formula is C17H23N3O5. The van der Waals surface area contributed by atoms with Crippen molar-refractivity contribution >= 4 is 23.0 Å². The Morgan fingerprint density at radius 3 is 2.76 bits per heavy atom. The first-order valence-corrected chi connectivity index (χ1v) is 8.34. The van der Waals surface area contributed by atoms with Gasteiger partial charge in [-0.3, -0.25) is 14.2 Å². The van der Waals surface area contributed by atoms with Crippen molar-refractivity contribution in [3.63, 3.8) is 0 Å². The number of carbonyl (C=O) groups excluding carboxylic acids is 2. The number of ether oxygens (including phenoxy) is 1. The van der Waals surface area contributed by atoms with Crippen LogP contribution in [-0.4, -0.2) is 34.1 Å². The fourth-order valence-corrected chi connectivity index (χ4v) is 2.68. The lowest BCUT2D eigenvalue weighted by Gasteiger charge is -2.13. The highest BCUT2D eigenvalue weighted by molar-refractivity contribution is 6.03. The fourth-order valence-electron chi connectivity index (χ4n) is 2.68. The normalized spacial score (nSPS) is 12.2. The number of amides is 1. The largest absolute Gasteiger partial charge is 0.462 e. The van der Waals surface area contributed by atoms with Gasteiger partial charge in [-0.15, -0.1) is 0 Å². The highest BCUT2D eigenvalue weighted by Gasteiger charge is 2.24. The first kappa shape index (κ1) is 18.7. The van der Waals surface area contributed by atoms with E-state index in [4.69, 9.17) is 9.15 Å². The number of furan rings is 1. The number of fused-ring (bicyclic) bond motifs is 1. The van der Waals surface area contributed by atoms with Gasteiger partial charge in [-0.1, -0.05) is 13.3 Å². The van der Waals surface area contributed by atoms with Crippen molar-refractivity contribution in [1.82, 2.24) is 14.9 Å². The third-order valence-electron chi connectivity index (χ3n) is 3.78. The van der Waals surface area contributed by atoms with Gasteiger partial charge in [0.2, 0.25) is 11.6 Å². The minimum absolute atomic E-state index is 0.0242. The van der Waals surface area contributed by atoms with E-state index in [1.165, 1.54) is 6.33 Å². The maximum absolute atomic E-state index is 12.7. The summed E-state index contributed by atoms with van der Waals surface area (Å²) in [6, 6.07) is 0.0242. The molecule has 25 heavy (non-hydrogen) atoms. The van der Waals surface area contributed by atoms with E-state index in [0.717, 1.165) is 17.4 Å². The Balaban J connectivity index is 2.35. The molecule has 0 radical (unpaired) electrons. The van der Waals surface area contributed by atoms with Crippen LogP contribution in [0.3, 0.4) is 0 Å². The zero-order chi connectivity index (χ0) is 18.6. The summed E-state index contributed by atoms with van der Waals surface area (Å²) < 4.78 is 11.5. The molecule has 8 nitrogen and oxygen atoms in total. The predicted molar refractivity (Wildman–Crippen MR) is 91.5 cm³/mol. The van der Waals surface area contributed by atoms with Crippen LogP contribution < -0.4 is 10.9 Å². The van der Waals surface area contributed by atoms with Gasteiger partial charge in [-0.25, -0.2) is 9.78 Å². The third kappa shape index (κ3) is 4.07. The summed E-state index contributed by atoms with van der Waals surface area (Å²) in [6.45, 7) is 7.18. The highest BCUT2D eigenvalue weighted by Crippen LogP contribution is 2.21. The summed E-state index contributed by atoms with van der Waals surface area (Å²) in [4.78, 5) is 40.9. The Labute approximate surface area is 145 Å². The number of aryl methyl sites for hydroxylation is 1. The Morgan fingerprint density at radius 2 is 2.12 bits per heavy atom. The van der Waals surface area contributed by atoms with Crippen LogP contribution in [0.2, 0.25) is 0 Å². The number of nitrogens with one attached hydrogen (secondary N) is 1. The van der Waals surface area contributed by atoms with Gasteiger partial charge in [0.25, 0.3) is 5.56 Å². The molecule has 0 aliphatic carbocycles. The van der Waals surface area contributed by atoms with Crippen LogP contribution in [0.1, 0.15) is 49.7 Å². The summed E-state index contributed by atoms with van der Waals surface area (Å²) in [7, 11) is 0. The summed E-state index contributed by atoms with van der Waals surface area (Å²) in [5.41, 5.74) is -0.395. The van der Waals surface area contributed by atoms with E-state index in [9.17, 15) is 14.4 Å². The average molecular weight is 349 g/mol. The zero-order valence-corrected chi connectivity index (χ0v) is 14.9. The van der Waals surface area contributed by atoms with Gasteiger partial charge < -0.3 is 14.5 Å². The molecule has 0 fully saturated rings. The Kier molecular flexibility index (Phi) is 5.95. The number of carbonyl (C=O) groups is 2. The molecule has 1 N–H and O–H groups in total. The van der Waals surface area contributed by atoms with Crippen LogP contribution in [0, 0.1) is 6.92 Å². The minimum atomic E-state index is -0.642. The van der Waals surface area contributed by atoms with Gasteiger partial charge >= 0.3 is 5.97 Å². The van der Waals surface area contributed by atoms with Crippen LogP contribution in [0.25, 0.3) is 11.1 Å². The molecule has 8 heteroatoms. The van der Waals surface area contributed by atoms with Gasteiger partial charge in [0.15, 0.2) is 0 Å². The van der Waals surface area contributed by atoms with Gasteiger partial charge in [-0.2, -0.15) is 0 Å². The quantitative estimate of drug-likeness (QED) is 0.764. The van der Waals surface area contributed by atoms with Crippen LogP contribution in [-0.2, 0) is 16.1 Å². The molecule has 1 atom stereocenters. The molecule has 0 spiro atoms. The van der Waals surface area contributed by atoms with E-state index < -0.39 is 11.5 Å². The zero-order valence-electron chi connectivity index (χ0n) is 14.9. The SMILES string of the molecule is CCC[C@@H](C)NC(=O)Cn1cnc2oc(C)c(C(=O)OCC)c2c1=O. The first-order valence-electron chi connectivity index (χ1n) is 8.34. The van der Waals surface area contributed by atoms with E-state index in [1.807, 2.05) is 13.8 Å². The molecule has 2 heterocycles. The molecule has 136 valence electrons. The van der Waals surface area contributed by atoms with Gasteiger partial charge in [0, 0.05) is 6.04 Å². The van der Waals surface area contributed by atoms with Gasteiger partial charge in [0.1, 0.15) is 29.6 Å². The second kappa shape index (κ2) is 7.96. The molecule has 0 saturated carbocycles. The minimum Gasteiger partial charge on any atom is -0.462 e. The van der Waals surface area contributed by atoms with Crippen molar-refractivity contribution in [2.75, 3.05) is 6.61 Å². The van der Waals surface area contributed by atoms with Gasteiger partial charge in [-0.05, 0) is 27.2 Å². The molecule has 0 saturated heterocycles. The van der Waals surface area contributed by atoms with Gasteiger partial charge in [0.05, 0.1) is 6.61 Å². The lowest BCUT2D eigenvalue weighted by Crippen LogP contribution is -2.37. The number of hydrogen-bond acceptors (Lipinski definition) is 6. The fraction of sp³-hybridized carbons (Fsp3) is 0.529. The van der Waals surface area contributed by atoms with E-state index >= 15 is 0 Å². The lowest BCUT2D eigenvalue weighted by molar-refractivity contribution is -0.122. The average Bonchev–Trinajstić information content (AvgIpc) is 2.87. The molecule has 1 amide bonds. The Bertz CT molecular complexity index is 837. The number of aromatic nitrogens is 2. The van der Waals surface area contributed by atoms with E-state index in [0.29, 0.717) is 0 Å². The highest BCUT2D eigenvalue weighted by atomic mass is 16.5. The lowest BCUT2D eigenvalue weighted by atomic mass is 10.2. The van der Waals surface area contributed by atoms with Crippen LogP contribution in [0.15, 0.2) is 15.5 Å². The van der Waals surface area contributed by atoms with E-state index in [1.54, 1.807) is 13.8 Å². The van der Waals surface area contributed by atoms with Crippen LogP contribution in [0.4, 0.5) is 0 Å². The molecule has 0 aromatic carbocycles.